The van der Waals surface area contributed by atoms with Crippen LogP contribution >= 0.6 is 0 Å². The second kappa shape index (κ2) is 4.23. The Balaban J connectivity index is 2.95. The highest BCUT2D eigenvalue weighted by atomic mass is 16.3. The smallest absolute Gasteiger partial charge is 0.0665 e. The molecular formula is C10H16N2O. The maximum atomic E-state index is 8.99. The van der Waals surface area contributed by atoms with Crippen LogP contribution in [0.2, 0.25) is 0 Å². The molecule has 1 aromatic heterocycles. The lowest BCUT2D eigenvalue weighted by Gasteiger charge is -1.97. The Hall–Kier alpha value is -1.09. The van der Waals surface area contributed by atoms with E-state index in [1.165, 1.54) is 0 Å². The predicted molar refractivity (Wildman–Crippen MR) is 53.3 cm³/mol. The van der Waals surface area contributed by atoms with Crippen molar-refractivity contribution in [2.75, 3.05) is 6.61 Å². The van der Waals surface area contributed by atoms with Gasteiger partial charge in [0.25, 0.3) is 0 Å². The quantitative estimate of drug-likeness (QED) is 0.765. The molecule has 0 bridgehead atoms. The van der Waals surface area contributed by atoms with Gasteiger partial charge < -0.3 is 5.11 Å². The van der Waals surface area contributed by atoms with Gasteiger partial charge in [0.15, 0.2) is 0 Å². The second-order valence-corrected chi connectivity index (χ2v) is 3.16. The van der Waals surface area contributed by atoms with E-state index in [1.807, 2.05) is 33.2 Å². The molecule has 1 aromatic rings. The first kappa shape index (κ1) is 9.99. The van der Waals surface area contributed by atoms with Crippen LogP contribution in [0.3, 0.4) is 0 Å². The van der Waals surface area contributed by atoms with Gasteiger partial charge in [0.05, 0.1) is 12.3 Å². The fourth-order valence-corrected chi connectivity index (χ4v) is 1.24. The molecule has 0 aliphatic rings. The van der Waals surface area contributed by atoms with E-state index in [0.717, 1.165) is 23.3 Å². The third-order valence-corrected chi connectivity index (χ3v) is 2.07. The summed E-state index contributed by atoms with van der Waals surface area (Å²) >= 11 is 0. The van der Waals surface area contributed by atoms with Crippen molar-refractivity contribution in [2.24, 2.45) is 7.05 Å². The minimum Gasteiger partial charge on any atom is -0.392 e. The first-order valence-corrected chi connectivity index (χ1v) is 4.48. The van der Waals surface area contributed by atoms with Crippen molar-refractivity contribution in [3.8, 4) is 0 Å². The zero-order valence-electron chi connectivity index (χ0n) is 8.41. The van der Waals surface area contributed by atoms with E-state index in [0.29, 0.717) is 0 Å². The predicted octanol–water partition coefficient (Wildman–Crippen LogP) is 1.51. The van der Waals surface area contributed by atoms with Crippen LogP contribution in [0.4, 0.5) is 0 Å². The Labute approximate surface area is 78.7 Å². The van der Waals surface area contributed by atoms with Gasteiger partial charge in [-0.25, -0.2) is 0 Å². The second-order valence-electron chi connectivity index (χ2n) is 3.16. The van der Waals surface area contributed by atoms with Gasteiger partial charge in [-0.3, -0.25) is 4.68 Å². The summed E-state index contributed by atoms with van der Waals surface area (Å²) in [6, 6.07) is 0. The van der Waals surface area contributed by atoms with Gasteiger partial charge in [-0.05, 0) is 18.9 Å². The van der Waals surface area contributed by atoms with Crippen LogP contribution in [0.5, 0.6) is 0 Å². The van der Waals surface area contributed by atoms with Crippen molar-refractivity contribution in [1.29, 1.82) is 0 Å². The minimum absolute atomic E-state index is 0.130. The van der Waals surface area contributed by atoms with Crippen LogP contribution in [0, 0.1) is 6.92 Å². The number of aliphatic hydroxyl groups is 1. The standard InChI is InChI=1S/C10H16N2O/c1-4-9(7-13)5-10-6-12(3)11-8(10)2/h5-6,13H,4,7H2,1-3H3. The normalized spacial score (nSPS) is 12.2. The van der Waals surface area contributed by atoms with Crippen LogP contribution in [0.25, 0.3) is 6.08 Å². The van der Waals surface area contributed by atoms with Crippen molar-refractivity contribution in [3.63, 3.8) is 0 Å². The number of aryl methyl sites for hydroxylation is 2. The first-order chi connectivity index (χ1) is 6.17. The van der Waals surface area contributed by atoms with E-state index in [4.69, 9.17) is 5.11 Å². The summed E-state index contributed by atoms with van der Waals surface area (Å²) in [6.45, 7) is 4.13. The number of aromatic nitrogens is 2. The zero-order valence-corrected chi connectivity index (χ0v) is 8.41. The molecule has 13 heavy (non-hydrogen) atoms. The van der Waals surface area contributed by atoms with Gasteiger partial charge in [0.1, 0.15) is 0 Å². The van der Waals surface area contributed by atoms with Gasteiger partial charge in [0, 0.05) is 18.8 Å². The summed E-state index contributed by atoms with van der Waals surface area (Å²) in [5.41, 5.74) is 3.13. The number of aliphatic hydroxyl groups excluding tert-OH is 1. The molecule has 0 aliphatic carbocycles. The molecule has 0 atom stereocenters. The number of rotatable bonds is 3. The maximum absolute atomic E-state index is 8.99. The fourth-order valence-electron chi connectivity index (χ4n) is 1.24. The Bertz CT molecular complexity index is 307. The van der Waals surface area contributed by atoms with Crippen molar-refractivity contribution >= 4 is 6.08 Å². The lowest BCUT2D eigenvalue weighted by Crippen LogP contribution is -1.88. The summed E-state index contributed by atoms with van der Waals surface area (Å²) in [7, 11) is 1.90. The Morgan fingerprint density at radius 3 is 2.77 bits per heavy atom. The zero-order chi connectivity index (χ0) is 9.84. The number of hydrogen-bond acceptors (Lipinski definition) is 2. The topological polar surface area (TPSA) is 38.0 Å². The molecule has 0 saturated heterocycles. The molecule has 0 radical (unpaired) electrons. The van der Waals surface area contributed by atoms with E-state index in [1.54, 1.807) is 4.68 Å². The molecule has 0 aliphatic heterocycles. The summed E-state index contributed by atoms with van der Waals surface area (Å²) in [5.74, 6) is 0. The van der Waals surface area contributed by atoms with Gasteiger partial charge in [-0.15, -0.1) is 0 Å². The molecule has 3 nitrogen and oxygen atoms in total. The summed E-state index contributed by atoms with van der Waals surface area (Å²) < 4.78 is 1.78. The van der Waals surface area contributed by atoms with E-state index in [9.17, 15) is 0 Å². The van der Waals surface area contributed by atoms with Gasteiger partial charge in [-0.1, -0.05) is 13.0 Å². The van der Waals surface area contributed by atoms with Crippen molar-refractivity contribution in [3.05, 3.63) is 23.0 Å². The molecule has 1 N–H and O–H groups in total. The third kappa shape index (κ3) is 2.42. The SMILES string of the molecule is CCC(=Cc1cn(C)nc1C)CO. The molecule has 1 rings (SSSR count). The van der Waals surface area contributed by atoms with Gasteiger partial charge >= 0.3 is 0 Å². The summed E-state index contributed by atoms with van der Waals surface area (Å²) in [6.07, 6.45) is 4.84. The van der Waals surface area contributed by atoms with Crippen LogP contribution in [-0.4, -0.2) is 21.5 Å². The minimum atomic E-state index is 0.130. The molecule has 0 saturated carbocycles. The van der Waals surface area contributed by atoms with E-state index in [2.05, 4.69) is 5.10 Å². The van der Waals surface area contributed by atoms with Crippen LogP contribution < -0.4 is 0 Å². The molecule has 0 aromatic carbocycles. The van der Waals surface area contributed by atoms with Crippen molar-refractivity contribution < 1.29 is 5.11 Å². The highest BCUT2D eigenvalue weighted by molar-refractivity contribution is 5.54. The molecule has 3 heteroatoms. The Kier molecular flexibility index (Phi) is 3.25. The van der Waals surface area contributed by atoms with Crippen LogP contribution in [0.15, 0.2) is 11.8 Å². The fraction of sp³-hybridized carbons (Fsp3) is 0.500. The van der Waals surface area contributed by atoms with Gasteiger partial charge in [0.2, 0.25) is 0 Å². The van der Waals surface area contributed by atoms with E-state index in [-0.39, 0.29) is 6.61 Å². The van der Waals surface area contributed by atoms with Crippen LogP contribution in [0.1, 0.15) is 24.6 Å². The van der Waals surface area contributed by atoms with E-state index >= 15 is 0 Å². The Morgan fingerprint density at radius 1 is 1.69 bits per heavy atom. The molecule has 0 spiro atoms. The summed E-state index contributed by atoms with van der Waals surface area (Å²) in [5, 5.41) is 13.2. The number of hydrogen-bond donors (Lipinski definition) is 1. The van der Waals surface area contributed by atoms with Gasteiger partial charge in [-0.2, -0.15) is 5.10 Å². The summed E-state index contributed by atoms with van der Waals surface area (Å²) in [4.78, 5) is 0. The third-order valence-electron chi connectivity index (χ3n) is 2.07. The molecular weight excluding hydrogens is 164 g/mol. The van der Waals surface area contributed by atoms with Crippen molar-refractivity contribution in [2.45, 2.75) is 20.3 Å². The molecule has 0 fully saturated rings. The molecule has 0 amide bonds. The monoisotopic (exact) mass is 180 g/mol. The Morgan fingerprint density at radius 2 is 2.38 bits per heavy atom. The molecule has 0 unspecified atom stereocenters. The highest BCUT2D eigenvalue weighted by Gasteiger charge is 2.00. The lowest BCUT2D eigenvalue weighted by atomic mass is 10.1. The molecule has 72 valence electrons. The van der Waals surface area contributed by atoms with Crippen LogP contribution in [-0.2, 0) is 7.05 Å². The lowest BCUT2D eigenvalue weighted by molar-refractivity contribution is 0.329. The van der Waals surface area contributed by atoms with Crippen molar-refractivity contribution in [1.82, 2.24) is 9.78 Å². The highest BCUT2D eigenvalue weighted by Crippen LogP contribution is 2.11. The van der Waals surface area contributed by atoms with E-state index < -0.39 is 0 Å². The maximum Gasteiger partial charge on any atom is 0.0665 e. The number of nitrogens with zero attached hydrogens (tertiary/aromatic N) is 2. The molecule has 1 heterocycles. The first-order valence-electron chi connectivity index (χ1n) is 4.48. The average molecular weight is 180 g/mol. The largest absolute Gasteiger partial charge is 0.392 e. The average Bonchev–Trinajstić information content (AvgIpc) is 2.41.